The number of rotatable bonds is 7. The molecule has 0 saturated carbocycles. The van der Waals surface area contributed by atoms with Crippen LogP contribution in [0.1, 0.15) is 27.7 Å². The maximum absolute atomic E-state index is 11.9. The van der Waals surface area contributed by atoms with Gasteiger partial charge < -0.3 is 29.0 Å². The SMILES string of the molecule is CC(=O)NC1[C@H](Oc2ccc(Cl)cc2Cl)O[C@H](COC(C)=O)[C@@H](OC(C)=O)[C@@H]1OC(C)=O. The lowest BCUT2D eigenvalue weighted by Crippen LogP contribution is -2.67. The Balaban J connectivity index is 2.47. The predicted octanol–water partition coefficient (Wildman–Crippen LogP) is 2.03. The van der Waals surface area contributed by atoms with E-state index in [1.54, 1.807) is 0 Å². The first-order chi connectivity index (χ1) is 15.0. The molecule has 0 aromatic heterocycles. The van der Waals surface area contributed by atoms with Crippen LogP contribution in [-0.2, 0) is 38.1 Å². The molecule has 10 nitrogen and oxygen atoms in total. The quantitative estimate of drug-likeness (QED) is 0.449. The molecule has 12 heteroatoms. The minimum Gasteiger partial charge on any atom is -0.463 e. The van der Waals surface area contributed by atoms with Crippen LogP contribution in [0.25, 0.3) is 0 Å². The number of amides is 1. The standard InChI is InChI=1S/C20H23Cl2NO9/c1-9(24)23-17-19(30-12(4)27)18(29-11(3)26)16(8-28-10(2)25)32-20(17)31-15-6-5-13(21)7-14(15)22/h5-7,16-20H,8H2,1-4H3,(H,23,24)/t16-,17?,18-,19-,20-/m1/s1. The number of nitrogens with one attached hydrogen (secondary N) is 1. The van der Waals surface area contributed by atoms with E-state index in [1.807, 2.05) is 0 Å². The molecule has 176 valence electrons. The van der Waals surface area contributed by atoms with Gasteiger partial charge in [0, 0.05) is 32.7 Å². The van der Waals surface area contributed by atoms with Gasteiger partial charge in [0.05, 0.1) is 5.02 Å². The number of halogens is 2. The summed E-state index contributed by atoms with van der Waals surface area (Å²) in [5, 5.41) is 3.12. The molecule has 0 bridgehead atoms. The van der Waals surface area contributed by atoms with Gasteiger partial charge in [-0.05, 0) is 18.2 Å². The summed E-state index contributed by atoms with van der Waals surface area (Å²) in [6.07, 6.45) is -4.80. The van der Waals surface area contributed by atoms with Crippen molar-refractivity contribution < 1.29 is 42.9 Å². The molecule has 1 aliphatic heterocycles. The minimum atomic E-state index is -1.27. The lowest BCUT2D eigenvalue weighted by molar-refractivity contribution is -0.257. The predicted molar refractivity (Wildman–Crippen MR) is 111 cm³/mol. The summed E-state index contributed by atoms with van der Waals surface area (Å²) in [7, 11) is 0. The Morgan fingerprint density at radius 2 is 1.59 bits per heavy atom. The molecular weight excluding hydrogens is 469 g/mol. The summed E-state index contributed by atoms with van der Waals surface area (Å²) < 4.78 is 27.5. The smallest absolute Gasteiger partial charge is 0.303 e. The van der Waals surface area contributed by atoms with Gasteiger partial charge in [-0.25, -0.2) is 0 Å². The van der Waals surface area contributed by atoms with Gasteiger partial charge in [-0.15, -0.1) is 0 Å². The van der Waals surface area contributed by atoms with E-state index in [0.717, 1.165) is 13.8 Å². The van der Waals surface area contributed by atoms with Gasteiger partial charge in [-0.1, -0.05) is 23.2 Å². The van der Waals surface area contributed by atoms with Gasteiger partial charge in [0.25, 0.3) is 0 Å². The summed E-state index contributed by atoms with van der Waals surface area (Å²) in [6, 6.07) is 3.34. The zero-order chi connectivity index (χ0) is 24.0. The number of benzene rings is 1. The van der Waals surface area contributed by atoms with Gasteiger partial charge in [-0.3, -0.25) is 19.2 Å². The highest BCUT2D eigenvalue weighted by Gasteiger charge is 2.52. The molecule has 0 radical (unpaired) electrons. The van der Waals surface area contributed by atoms with Crippen molar-refractivity contribution in [3.8, 4) is 5.75 Å². The van der Waals surface area contributed by atoms with E-state index in [4.69, 9.17) is 46.9 Å². The number of esters is 3. The Kier molecular flexibility index (Phi) is 9.11. The van der Waals surface area contributed by atoms with E-state index in [9.17, 15) is 19.2 Å². The van der Waals surface area contributed by atoms with E-state index >= 15 is 0 Å². The maximum atomic E-state index is 11.9. The van der Waals surface area contributed by atoms with Crippen LogP contribution >= 0.6 is 23.2 Å². The van der Waals surface area contributed by atoms with E-state index in [2.05, 4.69) is 5.32 Å². The maximum Gasteiger partial charge on any atom is 0.303 e. The third-order valence-corrected chi connectivity index (χ3v) is 4.74. The monoisotopic (exact) mass is 491 g/mol. The van der Waals surface area contributed by atoms with Gasteiger partial charge in [-0.2, -0.15) is 0 Å². The Labute approximate surface area is 194 Å². The molecule has 1 fully saturated rings. The molecule has 32 heavy (non-hydrogen) atoms. The Morgan fingerprint density at radius 3 is 2.12 bits per heavy atom. The number of ether oxygens (including phenoxy) is 5. The number of hydrogen-bond acceptors (Lipinski definition) is 9. The van der Waals surface area contributed by atoms with Crippen molar-refractivity contribution in [1.82, 2.24) is 5.32 Å². The fraction of sp³-hybridized carbons (Fsp3) is 0.500. The van der Waals surface area contributed by atoms with E-state index in [1.165, 1.54) is 32.0 Å². The van der Waals surface area contributed by atoms with E-state index < -0.39 is 54.5 Å². The zero-order valence-corrected chi connectivity index (χ0v) is 19.3. The molecule has 1 amide bonds. The average molecular weight is 492 g/mol. The van der Waals surface area contributed by atoms with Crippen LogP contribution in [0.3, 0.4) is 0 Å². The summed E-state index contributed by atoms with van der Waals surface area (Å²) in [5.74, 6) is -2.35. The first-order valence-electron chi connectivity index (χ1n) is 9.50. The van der Waals surface area contributed by atoms with Crippen LogP contribution in [0, 0.1) is 0 Å². The van der Waals surface area contributed by atoms with Gasteiger partial charge in [0.1, 0.15) is 24.5 Å². The molecule has 1 heterocycles. The fourth-order valence-corrected chi connectivity index (χ4v) is 3.54. The molecule has 2 rings (SSSR count). The Morgan fingerprint density at radius 1 is 0.969 bits per heavy atom. The van der Waals surface area contributed by atoms with Crippen LogP contribution in [0.2, 0.25) is 10.0 Å². The summed E-state index contributed by atoms with van der Waals surface area (Å²) >= 11 is 12.1. The zero-order valence-electron chi connectivity index (χ0n) is 17.8. The molecule has 1 aromatic carbocycles. The highest BCUT2D eigenvalue weighted by molar-refractivity contribution is 6.35. The summed E-state index contributed by atoms with van der Waals surface area (Å²) in [5.41, 5.74) is 0. The van der Waals surface area contributed by atoms with Gasteiger partial charge in [0.2, 0.25) is 12.2 Å². The van der Waals surface area contributed by atoms with Crippen molar-refractivity contribution in [2.24, 2.45) is 0 Å². The number of hydrogen-bond donors (Lipinski definition) is 1. The second-order valence-electron chi connectivity index (χ2n) is 6.91. The summed E-state index contributed by atoms with van der Waals surface area (Å²) in [4.78, 5) is 46.8. The Bertz CT molecular complexity index is 879. The number of carbonyl (C=O) groups is 4. The minimum absolute atomic E-state index is 0.158. The van der Waals surface area contributed by atoms with Crippen molar-refractivity contribution in [2.75, 3.05) is 6.61 Å². The number of carbonyl (C=O) groups excluding carboxylic acids is 4. The van der Waals surface area contributed by atoms with Crippen LogP contribution in [0.4, 0.5) is 0 Å². The third-order valence-electron chi connectivity index (χ3n) is 4.21. The van der Waals surface area contributed by atoms with Crippen molar-refractivity contribution in [2.45, 2.75) is 58.3 Å². The van der Waals surface area contributed by atoms with Crippen molar-refractivity contribution >= 4 is 47.0 Å². The molecule has 0 spiro atoms. The molecule has 1 aromatic rings. The highest BCUT2D eigenvalue weighted by atomic mass is 35.5. The lowest BCUT2D eigenvalue weighted by atomic mass is 9.96. The van der Waals surface area contributed by atoms with Crippen LogP contribution in [0.15, 0.2) is 18.2 Å². The lowest BCUT2D eigenvalue weighted by Gasteiger charge is -2.44. The topological polar surface area (TPSA) is 126 Å². The van der Waals surface area contributed by atoms with Gasteiger partial charge >= 0.3 is 17.9 Å². The van der Waals surface area contributed by atoms with Crippen molar-refractivity contribution in [3.63, 3.8) is 0 Å². The third kappa shape index (κ3) is 7.25. The summed E-state index contributed by atoms with van der Waals surface area (Å²) in [6.45, 7) is 4.39. The first kappa shape index (κ1) is 25.7. The van der Waals surface area contributed by atoms with Gasteiger partial charge in [0.15, 0.2) is 12.2 Å². The highest BCUT2D eigenvalue weighted by Crippen LogP contribution is 2.33. The van der Waals surface area contributed by atoms with E-state index in [0.29, 0.717) is 5.02 Å². The average Bonchev–Trinajstić information content (AvgIpc) is 2.65. The molecule has 0 aliphatic carbocycles. The fourth-order valence-electron chi connectivity index (χ4n) is 3.09. The molecule has 1 unspecified atom stereocenters. The largest absolute Gasteiger partial charge is 0.463 e. The second-order valence-corrected chi connectivity index (χ2v) is 7.76. The second kappa shape index (κ2) is 11.3. The molecule has 5 atom stereocenters. The van der Waals surface area contributed by atoms with Crippen molar-refractivity contribution in [3.05, 3.63) is 28.2 Å². The van der Waals surface area contributed by atoms with Crippen LogP contribution < -0.4 is 10.1 Å². The first-order valence-corrected chi connectivity index (χ1v) is 10.3. The van der Waals surface area contributed by atoms with Crippen molar-refractivity contribution in [1.29, 1.82) is 0 Å². The van der Waals surface area contributed by atoms with E-state index in [-0.39, 0.29) is 17.4 Å². The molecule has 1 aliphatic rings. The van der Waals surface area contributed by atoms with Crippen LogP contribution in [-0.4, -0.2) is 61.1 Å². The Hall–Kier alpha value is -2.56. The molecular formula is C20H23Cl2NO9. The molecule has 1 N–H and O–H groups in total. The normalized spacial score (nSPS) is 24.8. The van der Waals surface area contributed by atoms with Crippen LogP contribution in [0.5, 0.6) is 5.75 Å². The molecule has 1 saturated heterocycles.